The number of hydrogen-bond acceptors (Lipinski definition) is 4. The molecule has 1 aliphatic heterocycles. The van der Waals surface area contributed by atoms with Crippen molar-refractivity contribution in [1.29, 1.82) is 0 Å². The number of carboxylic acids is 1. The van der Waals surface area contributed by atoms with Crippen LogP contribution in [-0.4, -0.2) is 35.7 Å². The third kappa shape index (κ3) is 3.45. The van der Waals surface area contributed by atoms with Crippen LogP contribution >= 0.6 is 0 Å². The molecule has 6 nitrogen and oxygen atoms in total. The molecule has 0 aliphatic carbocycles. The Morgan fingerprint density at radius 2 is 1.95 bits per heavy atom. The van der Waals surface area contributed by atoms with Gasteiger partial charge in [-0.25, -0.2) is 4.79 Å². The molecule has 1 aliphatic rings. The number of benzene rings is 1. The number of carbonyl (C=O) groups excluding carboxylic acids is 1. The van der Waals surface area contributed by atoms with Crippen molar-refractivity contribution < 1.29 is 24.2 Å². The van der Waals surface area contributed by atoms with E-state index in [0.717, 1.165) is 5.56 Å². The number of hydrogen-bond donors (Lipinski definition) is 2. The molecule has 2 rings (SSSR count). The van der Waals surface area contributed by atoms with Crippen molar-refractivity contribution in [2.24, 2.45) is 0 Å². The molecule has 0 radical (unpaired) electrons. The predicted molar refractivity (Wildman–Crippen MR) is 75.6 cm³/mol. The largest absolute Gasteiger partial charge is 0.486 e. The lowest BCUT2D eigenvalue weighted by molar-refractivity contribution is -0.146. The van der Waals surface area contributed by atoms with Crippen LogP contribution in [0.2, 0.25) is 0 Å². The minimum atomic E-state index is -1.25. The zero-order valence-electron chi connectivity index (χ0n) is 12.1. The van der Waals surface area contributed by atoms with Gasteiger partial charge in [0.2, 0.25) is 5.91 Å². The van der Waals surface area contributed by atoms with E-state index in [4.69, 9.17) is 14.6 Å². The predicted octanol–water partition coefficient (Wildman–Crippen LogP) is 1.37. The molecule has 0 spiro atoms. The number of aliphatic carboxylic acids is 1. The van der Waals surface area contributed by atoms with Crippen molar-refractivity contribution in [1.82, 2.24) is 5.32 Å². The Morgan fingerprint density at radius 3 is 2.57 bits per heavy atom. The first-order chi connectivity index (χ1) is 9.94. The van der Waals surface area contributed by atoms with Crippen molar-refractivity contribution in [3.63, 3.8) is 0 Å². The molecular weight excluding hydrogens is 274 g/mol. The summed E-state index contributed by atoms with van der Waals surface area (Å²) in [5, 5.41) is 11.7. The maximum atomic E-state index is 12.0. The van der Waals surface area contributed by atoms with Crippen molar-refractivity contribution in [2.45, 2.75) is 32.2 Å². The van der Waals surface area contributed by atoms with E-state index in [9.17, 15) is 9.59 Å². The fourth-order valence-corrected chi connectivity index (χ4v) is 2.03. The van der Waals surface area contributed by atoms with Gasteiger partial charge in [-0.1, -0.05) is 13.0 Å². The quantitative estimate of drug-likeness (QED) is 0.856. The Bertz CT molecular complexity index is 557. The number of carbonyl (C=O) groups is 2. The van der Waals surface area contributed by atoms with Crippen LogP contribution in [0.3, 0.4) is 0 Å². The number of carboxylic acid groups (broad SMARTS) is 1. The normalized spacial score (nSPS) is 15.9. The van der Waals surface area contributed by atoms with Crippen LogP contribution in [-0.2, 0) is 16.0 Å². The molecule has 1 unspecified atom stereocenters. The van der Waals surface area contributed by atoms with Crippen LogP contribution in [0.4, 0.5) is 0 Å². The van der Waals surface area contributed by atoms with Gasteiger partial charge in [0.25, 0.3) is 0 Å². The molecule has 21 heavy (non-hydrogen) atoms. The summed E-state index contributed by atoms with van der Waals surface area (Å²) < 4.78 is 10.9. The van der Waals surface area contributed by atoms with Gasteiger partial charge in [-0.15, -0.1) is 0 Å². The molecule has 0 saturated carbocycles. The van der Waals surface area contributed by atoms with Crippen LogP contribution in [0.25, 0.3) is 0 Å². The van der Waals surface area contributed by atoms with E-state index in [1.165, 1.54) is 6.92 Å². The van der Waals surface area contributed by atoms with Gasteiger partial charge in [0.15, 0.2) is 11.5 Å². The standard InChI is InChI=1S/C15H19NO5/c1-3-15(2,14(18)19)16-13(17)9-10-4-5-11-12(8-10)21-7-6-20-11/h4-5,8H,3,6-7,9H2,1-2H3,(H,16,17)(H,18,19). The monoisotopic (exact) mass is 293 g/mol. The summed E-state index contributed by atoms with van der Waals surface area (Å²) in [6.45, 7) is 4.21. The van der Waals surface area contributed by atoms with E-state index in [0.29, 0.717) is 31.1 Å². The fourth-order valence-electron chi connectivity index (χ4n) is 2.03. The summed E-state index contributed by atoms with van der Waals surface area (Å²) in [5.41, 5.74) is -0.495. The summed E-state index contributed by atoms with van der Waals surface area (Å²) in [6.07, 6.45) is 0.411. The first-order valence-electron chi connectivity index (χ1n) is 6.87. The molecule has 0 saturated heterocycles. The summed E-state index contributed by atoms with van der Waals surface area (Å²) >= 11 is 0. The molecule has 1 amide bonds. The number of ether oxygens (including phenoxy) is 2. The smallest absolute Gasteiger partial charge is 0.329 e. The minimum Gasteiger partial charge on any atom is -0.486 e. The molecule has 6 heteroatoms. The first kappa shape index (κ1) is 15.2. The molecule has 2 N–H and O–H groups in total. The van der Waals surface area contributed by atoms with Gasteiger partial charge in [0.05, 0.1) is 6.42 Å². The Hall–Kier alpha value is -2.24. The fraction of sp³-hybridized carbons (Fsp3) is 0.467. The summed E-state index contributed by atoms with van der Waals surface area (Å²) in [5.74, 6) is -0.101. The molecule has 1 aromatic carbocycles. The lowest BCUT2D eigenvalue weighted by Gasteiger charge is -2.24. The van der Waals surface area contributed by atoms with E-state index in [2.05, 4.69) is 5.32 Å². The molecule has 0 aromatic heterocycles. The summed E-state index contributed by atoms with van der Waals surface area (Å²) in [7, 11) is 0. The molecule has 1 aromatic rings. The highest BCUT2D eigenvalue weighted by molar-refractivity contribution is 5.87. The Balaban J connectivity index is 2.04. The van der Waals surface area contributed by atoms with Crippen molar-refractivity contribution >= 4 is 11.9 Å². The molecule has 0 fully saturated rings. The first-order valence-corrected chi connectivity index (χ1v) is 6.87. The molecule has 1 heterocycles. The number of amides is 1. The Kier molecular flexibility index (Phi) is 4.35. The SMILES string of the molecule is CCC(C)(NC(=O)Cc1ccc2c(c1)OCCO2)C(=O)O. The second kappa shape index (κ2) is 6.03. The lowest BCUT2D eigenvalue weighted by Crippen LogP contribution is -2.52. The van der Waals surface area contributed by atoms with Gasteiger partial charge in [-0.05, 0) is 31.0 Å². The van der Waals surface area contributed by atoms with Crippen LogP contribution in [0, 0.1) is 0 Å². The van der Waals surface area contributed by atoms with Gasteiger partial charge in [-0.2, -0.15) is 0 Å². The third-order valence-electron chi connectivity index (χ3n) is 3.57. The highest BCUT2D eigenvalue weighted by atomic mass is 16.6. The van der Waals surface area contributed by atoms with E-state index in [1.54, 1.807) is 25.1 Å². The van der Waals surface area contributed by atoms with E-state index in [1.807, 2.05) is 0 Å². The average molecular weight is 293 g/mol. The van der Waals surface area contributed by atoms with Gasteiger partial charge < -0.3 is 19.9 Å². The van der Waals surface area contributed by atoms with E-state index in [-0.39, 0.29) is 12.3 Å². The summed E-state index contributed by atoms with van der Waals surface area (Å²) in [6, 6.07) is 5.28. The van der Waals surface area contributed by atoms with Crippen LogP contribution in [0.1, 0.15) is 25.8 Å². The Labute approximate surface area is 123 Å². The second-order valence-corrected chi connectivity index (χ2v) is 5.19. The third-order valence-corrected chi connectivity index (χ3v) is 3.57. The van der Waals surface area contributed by atoms with Crippen molar-refractivity contribution in [3.8, 4) is 11.5 Å². The zero-order valence-corrected chi connectivity index (χ0v) is 12.1. The number of fused-ring (bicyclic) bond motifs is 1. The lowest BCUT2D eigenvalue weighted by atomic mass is 9.98. The van der Waals surface area contributed by atoms with E-state index >= 15 is 0 Å². The number of nitrogens with one attached hydrogen (secondary N) is 1. The van der Waals surface area contributed by atoms with Gasteiger partial charge in [0, 0.05) is 0 Å². The highest BCUT2D eigenvalue weighted by Crippen LogP contribution is 2.30. The van der Waals surface area contributed by atoms with Gasteiger partial charge >= 0.3 is 5.97 Å². The van der Waals surface area contributed by atoms with Crippen molar-refractivity contribution in [3.05, 3.63) is 23.8 Å². The van der Waals surface area contributed by atoms with Crippen LogP contribution in [0.5, 0.6) is 11.5 Å². The maximum Gasteiger partial charge on any atom is 0.329 e. The maximum absolute atomic E-state index is 12.0. The van der Waals surface area contributed by atoms with Crippen LogP contribution in [0.15, 0.2) is 18.2 Å². The highest BCUT2D eigenvalue weighted by Gasteiger charge is 2.32. The van der Waals surface area contributed by atoms with Crippen molar-refractivity contribution in [2.75, 3.05) is 13.2 Å². The second-order valence-electron chi connectivity index (χ2n) is 5.19. The number of rotatable bonds is 5. The van der Waals surface area contributed by atoms with Crippen LogP contribution < -0.4 is 14.8 Å². The molecule has 114 valence electrons. The van der Waals surface area contributed by atoms with E-state index < -0.39 is 11.5 Å². The molecule has 0 bridgehead atoms. The van der Waals surface area contributed by atoms with Gasteiger partial charge in [-0.3, -0.25) is 4.79 Å². The zero-order chi connectivity index (χ0) is 15.5. The minimum absolute atomic E-state index is 0.0967. The topological polar surface area (TPSA) is 84.9 Å². The summed E-state index contributed by atoms with van der Waals surface area (Å²) in [4.78, 5) is 23.2. The average Bonchev–Trinajstić information content (AvgIpc) is 2.46. The Morgan fingerprint density at radius 1 is 1.29 bits per heavy atom. The molecular formula is C15H19NO5. The van der Waals surface area contributed by atoms with Gasteiger partial charge in [0.1, 0.15) is 18.8 Å². The molecule has 1 atom stereocenters.